The second-order valence-electron chi connectivity index (χ2n) is 3.34. The molecule has 18 heavy (non-hydrogen) atoms. The van der Waals surface area contributed by atoms with Crippen LogP contribution in [0.3, 0.4) is 0 Å². The number of hydrogen-bond donors (Lipinski definition) is 0. The second kappa shape index (κ2) is 5.81. The van der Waals surface area contributed by atoms with Gasteiger partial charge < -0.3 is 4.74 Å². The number of alkyl halides is 3. The summed E-state index contributed by atoms with van der Waals surface area (Å²) in [4.78, 5) is 11.2. The summed E-state index contributed by atoms with van der Waals surface area (Å²) in [5.41, 5.74) is -0.0259. The SMILES string of the molecule is CC(=O)c1cc(F)ccc1OCCOC(F)(F)F. The number of ketones is 1. The van der Waals surface area contributed by atoms with Crippen molar-refractivity contribution in [2.45, 2.75) is 13.3 Å². The average Bonchev–Trinajstić information content (AvgIpc) is 2.24. The number of ether oxygens (including phenoxy) is 2. The van der Waals surface area contributed by atoms with E-state index in [1.54, 1.807) is 0 Å². The minimum absolute atomic E-state index is 0.0228. The molecule has 100 valence electrons. The van der Waals surface area contributed by atoms with Crippen LogP contribution in [0.1, 0.15) is 17.3 Å². The minimum Gasteiger partial charge on any atom is -0.490 e. The van der Waals surface area contributed by atoms with Crippen LogP contribution in [0.15, 0.2) is 18.2 Å². The Bertz CT molecular complexity index is 429. The molecule has 0 aliphatic carbocycles. The van der Waals surface area contributed by atoms with Gasteiger partial charge in [0.1, 0.15) is 18.2 Å². The maximum atomic E-state index is 12.9. The Hall–Kier alpha value is -1.63. The number of hydrogen-bond acceptors (Lipinski definition) is 3. The zero-order chi connectivity index (χ0) is 13.8. The van der Waals surface area contributed by atoms with Gasteiger partial charge in [-0.1, -0.05) is 0 Å². The molecule has 0 unspecified atom stereocenters. The lowest BCUT2D eigenvalue weighted by atomic mass is 10.1. The number of carbonyl (C=O) groups is 1. The summed E-state index contributed by atoms with van der Waals surface area (Å²) in [5, 5.41) is 0. The third-order valence-electron chi connectivity index (χ3n) is 1.93. The van der Waals surface area contributed by atoms with Crippen LogP contribution in [-0.4, -0.2) is 25.4 Å². The van der Waals surface area contributed by atoms with Crippen LogP contribution in [0, 0.1) is 5.82 Å². The molecule has 0 aliphatic rings. The van der Waals surface area contributed by atoms with Crippen LogP contribution in [0.4, 0.5) is 17.6 Å². The third-order valence-corrected chi connectivity index (χ3v) is 1.93. The topological polar surface area (TPSA) is 35.5 Å². The van der Waals surface area contributed by atoms with Crippen molar-refractivity contribution in [1.29, 1.82) is 0 Å². The van der Waals surface area contributed by atoms with E-state index in [9.17, 15) is 22.4 Å². The summed E-state index contributed by atoms with van der Waals surface area (Å²) in [6.07, 6.45) is -4.73. The maximum Gasteiger partial charge on any atom is 0.522 e. The predicted octanol–water partition coefficient (Wildman–Crippen LogP) is 2.94. The van der Waals surface area contributed by atoms with Gasteiger partial charge in [-0.2, -0.15) is 0 Å². The first-order valence-electron chi connectivity index (χ1n) is 4.93. The lowest BCUT2D eigenvalue weighted by Crippen LogP contribution is -2.18. The largest absolute Gasteiger partial charge is 0.522 e. The molecular weight excluding hydrogens is 256 g/mol. The molecule has 0 amide bonds. The maximum absolute atomic E-state index is 12.9. The molecule has 0 spiro atoms. The Morgan fingerprint density at radius 2 is 1.94 bits per heavy atom. The van der Waals surface area contributed by atoms with E-state index in [0.29, 0.717) is 0 Å². The third kappa shape index (κ3) is 4.70. The number of halogens is 4. The summed E-state index contributed by atoms with van der Waals surface area (Å²) in [7, 11) is 0. The molecule has 0 radical (unpaired) electrons. The minimum atomic E-state index is -4.73. The first kappa shape index (κ1) is 14.4. The van der Waals surface area contributed by atoms with Crippen molar-refractivity contribution >= 4 is 5.78 Å². The predicted molar refractivity (Wildman–Crippen MR) is 53.9 cm³/mol. The van der Waals surface area contributed by atoms with E-state index in [0.717, 1.165) is 12.1 Å². The molecule has 0 aliphatic heterocycles. The summed E-state index contributed by atoms with van der Waals surface area (Å²) in [6, 6.07) is 3.19. The van der Waals surface area contributed by atoms with E-state index in [1.165, 1.54) is 13.0 Å². The Balaban J connectivity index is 2.59. The molecule has 7 heteroatoms. The van der Waals surface area contributed by atoms with Crippen LogP contribution in [0.5, 0.6) is 5.75 Å². The summed E-state index contributed by atoms with van der Waals surface area (Å²) in [5.74, 6) is -1.05. The van der Waals surface area contributed by atoms with Gasteiger partial charge in [0.2, 0.25) is 0 Å². The number of benzene rings is 1. The van der Waals surface area contributed by atoms with Gasteiger partial charge in [0, 0.05) is 0 Å². The molecule has 1 rings (SSSR count). The number of rotatable bonds is 5. The van der Waals surface area contributed by atoms with Crippen molar-refractivity contribution in [3.8, 4) is 5.75 Å². The summed E-state index contributed by atoms with van der Waals surface area (Å²) < 4.78 is 56.3. The van der Waals surface area contributed by atoms with Gasteiger partial charge in [0.25, 0.3) is 0 Å². The van der Waals surface area contributed by atoms with Gasteiger partial charge in [-0.15, -0.1) is 13.2 Å². The van der Waals surface area contributed by atoms with E-state index in [-0.39, 0.29) is 11.3 Å². The zero-order valence-electron chi connectivity index (χ0n) is 9.38. The van der Waals surface area contributed by atoms with Gasteiger partial charge in [0.15, 0.2) is 5.78 Å². The van der Waals surface area contributed by atoms with Crippen LogP contribution in [0.2, 0.25) is 0 Å². The lowest BCUT2D eigenvalue weighted by molar-refractivity contribution is -0.325. The van der Waals surface area contributed by atoms with E-state index >= 15 is 0 Å². The molecule has 0 fully saturated rings. The van der Waals surface area contributed by atoms with E-state index < -0.39 is 31.2 Å². The van der Waals surface area contributed by atoms with Crippen LogP contribution >= 0.6 is 0 Å². The van der Waals surface area contributed by atoms with Crippen LogP contribution in [0.25, 0.3) is 0 Å². The van der Waals surface area contributed by atoms with Gasteiger partial charge in [-0.3, -0.25) is 9.53 Å². The van der Waals surface area contributed by atoms with Crippen molar-refractivity contribution in [3.05, 3.63) is 29.6 Å². The zero-order valence-corrected chi connectivity index (χ0v) is 9.38. The van der Waals surface area contributed by atoms with E-state index in [4.69, 9.17) is 4.74 Å². The Morgan fingerprint density at radius 3 is 2.50 bits per heavy atom. The van der Waals surface area contributed by atoms with Gasteiger partial charge in [-0.25, -0.2) is 4.39 Å². The fourth-order valence-electron chi connectivity index (χ4n) is 1.21. The van der Waals surface area contributed by atoms with Crippen molar-refractivity contribution in [3.63, 3.8) is 0 Å². The summed E-state index contributed by atoms with van der Waals surface area (Å²) in [6.45, 7) is 0.0947. The Morgan fingerprint density at radius 1 is 1.28 bits per heavy atom. The van der Waals surface area contributed by atoms with Gasteiger partial charge in [0.05, 0.1) is 12.2 Å². The summed E-state index contributed by atoms with van der Waals surface area (Å²) >= 11 is 0. The molecule has 3 nitrogen and oxygen atoms in total. The lowest BCUT2D eigenvalue weighted by Gasteiger charge is -2.11. The van der Waals surface area contributed by atoms with Crippen LogP contribution < -0.4 is 4.74 Å². The molecule has 1 aromatic carbocycles. The highest BCUT2D eigenvalue weighted by molar-refractivity contribution is 5.96. The molecule has 0 bridgehead atoms. The normalized spacial score (nSPS) is 11.4. The number of carbonyl (C=O) groups excluding carboxylic acids is 1. The first-order chi connectivity index (χ1) is 8.29. The smallest absolute Gasteiger partial charge is 0.490 e. The highest BCUT2D eigenvalue weighted by atomic mass is 19.4. The molecule has 0 heterocycles. The molecule has 0 atom stereocenters. The molecule has 0 aromatic heterocycles. The van der Waals surface area contributed by atoms with Crippen molar-refractivity contribution in [1.82, 2.24) is 0 Å². The quantitative estimate of drug-likeness (QED) is 0.467. The van der Waals surface area contributed by atoms with Crippen molar-refractivity contribution < 1.29 is 31.8 Å². The fraction of sp³-hybridized carbons (Fsp3) is 0.364. The average molecular weight is 266 g/mol. The van der Waals surface area contributed by atoms with Gasteiger partial charge >= 0.3 is 6.36 Å². The van der Waals surface area contributed by atoms with Crippen molar-refractivity contribution in [2.75, 3.05) is 13.2 Å². The monoisotopic (exact) mass is 266 g/mol. The van der Waals surface area contributed by atoms with Gasteiger partial charge in [-0.05, 0) is 25.1 Å². The van der Waals surface area contributed by atoms with E-state index in [1.807, 2.05) is 0 Å². The Kier molecular flexibility index (Phi) is 4.66. The molecule has 0 saturated heterocycles. The highest BCUT2D eigenvalue weighted by Crippen LogP contribution is 2.21. The molecule has 0 saturated carbocycles. The molecular formula is C11H10F4O3. The van der Waals surface area contributed by atoms with E-state index in [2.05, 4.69) is 4.74 Å². The Labute approximate surface area is 100 Å². The standard InChI is InChI=1S/C11H10F4O3/c1-7(16)9-6-8(12)2-3-10(9)17-4-5-18-11(13,14)15/h2-3,6H,4-5H2,1H3. The molecule has 0 N–H and O–H groups in total. The first-order valence-corrected chi connectivity index (χ1v) is 4.93. The van der Waals surface area contributed by atoms with Crippen molar-refractivity contribution in [2.24, 2.45) is 0 Å². The number of Topliss-reactive ketones (excluding diaryl/α,β-unsaturated/α-hetero) is 1. The molecule has 1 aromatic rings. The second-order valence-corrected chi connectivity index (χ2v) is 3.34. The highest BCUT2D eigenvalue weighted by Gasteiger charge is 2.28. The fourth-order valence-corrected chi connectivity index (χ4v) is 1.21. The van der Waals surface area contributed by atoms with Crippen LogP contribution in [-0.2, 0) is 4.74 Å².